The summed E-state index contributed by atoms with van der Waals surface area (Å²) >= 11 is 1.77. The zero-order valence-corrected chi connectivity index (χ0v) is 9.29. The molecule has 0 spiro atoms. The molecular formula is C11H20S. The quantitative estimate of drug-likeness (QED) is 0.583. The van der Waals surface area contributed by atoms with Crippen molar-refractivity contribution in [2.75, 3.05) is 5.75 Å². The molecule has 0 N–H and O–H groups in total. The third-order valence-corrected chi connectivity index (χ3v) is 1.72. The second-order valence-electron chi connectivity index (χ2n) is 2.15. The number of hydrogen-bond donors (Lipinski definition) is 0. The number of thioether (sulfide) groups is 1. The maximum atomic E-state index is 3.66. The van der Waals surface area contributed by atoms with Gasteiger partial charge in [-0.2, -0.15) is 0 Å². The molecule has 0 nitrogen and oxygen atoms in total. The number of allylic oxidation sites excluding steroid dienone is 3. The predicted octanol–water partition coefficient (Wildman–Crippen LogP) is 4.41. The molecule has 0 rings (SSSR count). The van der Waals surface area contributed by atoms with Crippen molar-refractivity contribution in [1.29, 1.82) is 0 Å². The van der Waals surface area contributed by atoms with E-state index in [2.05, 4.69) is 33.9 Å². The van der Waals surface area contributed by atoms with E-state index in [9.17, 15) is 0 Å². The van der Waals surface area contributed by atoms with Crippen LogP contribution in [0.1, 0.15) is 27.2 Å². The summed E-state index contributed by atoms with van der Waals surface area (Å²) in [5.41, 5.74) is 0. The molecule has 12 heavy (non-hydrogen) atoms. The van der Waals surface area contributed by atoms with Crippen LogP contribution in [0.3, 0.4) is 0 Å². The van der Waals surface area contributed by atoms with Gasteiger partial charge in [0.15, 0.2) is 0 Å². The number of hydrogen-bond acceptors (Lipinski definition) is 1. The van der Waals surface area contributed by atoms with Crippen LogP contribution in [0, 0.1) is 0 Å². The standard InChI is InChI=1S/C8H12S.C3H8/c1-4-7-8(5-2)9-6-3;1-3-2/h4-5,7H,1-2,6H2,3H3;3H2,1-2H3/b8-7+;. The highest BCUT2D eigenvalue weighted by Crippen LogP contribution is 2.14. The highest BCUT2D eigenvalue weighted by atomic mass is 32.2. The maximum absolute atomic E-state index is 3.66. The fourth-order valence-electron chi connectivity index (χ4n) is 0.458. The van der Waals surface area contributed by atoms with Crippen molar-refractivity contribution in [2.45, 2.75) is 27.2 Å². The average molecular weight is 184 g/mol. The van der Waals surface area contributed by atoms with E-state index in [4.69, 9.17) is 0 Å². The van der Waals surface area contributed by atoms with E-state index in [0.29, 0.717) is 0 Å². The molecule has 1 heteroatoms. The molecule has 0 aromatic rings. The van der Waals surface area contributed by atoms with E-state index in [-0.39, 0.29) is 0 Å². The van der Waals surface area contributed by atoms with Crippen molar-refractivity contribution in [3.05, 3.63) is 36.3 Å². The minimum Gasteiger partial charge on any atom is -0.126 e. The lowest BCUT2D eigenvalue weighted by Gasteiger charge is -1.93. The molecule has 0 amide bonds. The van der Waals surface area contributed by atoms with Crippen LogP contribution >= 0.6 is 11.8 Å². The van der Waals surface area contributed by atoms with Crippen molar-refractivity contribution in [1.82, 2.24) is 0 Å². The number of rotatable bonds is 4. The Bertz CT molecular complexity index is 134. The summed E-state index contributed by atoms with van der Waals surface area (Å²) in [6.45, 7) is 13.6. The molecule has 0 aliphatic rings. The molecule has 0 fully saturated rings. The largest absolute Gasteiger partial charge is 0.126 e. The SMILES string of the molecule is C=C/C=C(\C=C)SCC.CCC. The molecule has 0 radical (unpaired) electrons. The van der Waals surface area contributed by atoms with Crippen molar-refractivity contribution < 1.29 is 0 Å². The zero-order chi connectivity index (χ0) is 9.82. The van der Waals surface area contributed by atoms with Gasteiger partial charge < -0.3 is 0 Å². The summed E-state index contributed by atoms with van der Waals surface area (Å²) in [7, 11) is 0. The first-order chi connectivity index (χ1) is 5.76. The molecule has 0 aromatic heterocycles. The lowest BCUT2D eigenvalue weighted by molar-refractivity contribution is 1.09. The zero-order valence-electron chi connectivity index (χ0n) is 8.47. The minimum absolute atomic E-state index is 1.09. The van der Waals surface area contributed by atoms with Gasteiger partial charge in [0.05, 0.1) is 0 Å². The Morgan fingerprint density at radius 2 is 1.75 bits per heavy atom. The van der Waals surface area contributed by atoms with Gasteiger partial charge in [0, 0.05) is 4.91 Å². The first-order valence-electron chi connectivity index (χ1n) is 4.34. The molecular weight excluding hydrogens is 164 g/mol. The molecule has 0 bridgehead atoms. The van der Waals surface area contributed by atoms with Crippen molar-refractivity contribution in [3.8, 4) is 0 Å². The van der Waals surface area contributed by atoms with E-state index in [1.807, 2.05) is 12.2 Å². The third-order valence-electron chi connectivity index (χ3n) is 0.794. The van der Waals surface area contributed by atoms with Crippen LogP contribution in [0.4, 0.5) is 0 Å². The summed E-state index contributed by atoms with van der Waals surface area (Å²) in [6, 6.07) is 0. The van der Waals surface area contributed by atoms with E-state index < -0.39 is 0 Å². The van der Waals surface area contributed by atoms with Crippen LogP contribution in [0.25, 0.3) is 0 Å². The maximum Gasteiger partial charge on any atom is 0.00657 e. The van der Waals surface area contributed by atoms with Crippen LogP contribution in [0.2, 0.25) is 0 Å². The van der Waals surface area contributed by atoms with E-state index in [0.717, 1.165) is 5.75 Å². The molecule has 0 aromatic carbocycles. The van der Waals surface area contributed by atoms with Crippen molar-refractivity contribution in [2.24, 2.45) is 0 Å². The second-order valence-corrected chi connectivity index (χ2v) is 3.49. The molecule has 0 atom stereocenters. The predicted molar refractivity (Wildman–Crippen MR) is 62.6 cm³/mol. The van der Waals surface area contributed by atoms with Crippen LogP contribution in [0.15, 0.2) is 36.3 Å². The molecule has 70 valence electrons. The van der Waals surface area contributed by atoms with Crippen LogP contribution < -0.4 is 0 Å². The van der Waals surface area contributed by atoms with Gasteiger partial charge in [-0.3, -0.25) is 0 Å². The monoisotopic (exact) mass is 184 g/mol. The third kappa shape index (κ3) is 12.3. The Hall–Kier alpha value is -0.430. The topological polar surface area (TPSA) is 0 Å². The molecule has 0 saturated carbocycles. The fourth-order valence-corrected chi connectivity index (χ4v) is 1.10. The highest BCUT2D eigenvalue weighted by Gasteiger charge is 1.84. The van der Waals surface area contributed by atoms with Crippen LogP contribution in [-0.4, -0.2) is 5.75 Å². The summed E-state index contributed by atoms with van der Waals surface area (Å²) in [4.78, 5) is 1.19. The van der Waals surface area contributed by atoms with Gasteiger partial charge in [0.1, 0.15) is 0 Å². The Kier molecular flexibility index (Phi) is 15.5. The van der Waals surface area contributed by atoms with Gasteiger partial charge in [0.25, 0.3) is 0 Å². The van der Waals surface area contributed by atoms with Gasteiger partial charge >= 0.3 is 0 Å². The Balaban J connectivity index is 0. The van der Waals surface area contributed by atoms with Crippen molar-refractivity contribution in [3.63, 3.8) is 0 Å². The van der Waals surface area contributed by atoms with Crippen LogP contribution in [0.5, 0.6) is 0 Å². The highest BCUT2D eigenvalue weighted by molar-refractivity contribution is 8.03. The molecule has 0 unspecified atom stereocenters. The van der Waals surface area contributed by atoms with E-state index in [1.165, 1.54) is 11.3 Å². The normalized spacial score (nSPS) is 9.75. The molecule has 0 aliphatic carbocycles. The van der Waals surface area contributed by atoms with Gasteiger partial charge in [0.2, 0.25) is 0 Å². The summed E-state index contributed by atoms with van der Waals surface area (Å²) in [5.74, 6) is 1.09. The Labute approximate surface area is 81.4 Å². The first-order valence-corrected chi connectivity index (χ1v) is 5.33. The summed E-state index contributed by atoms with van der Waals surface area (Å²) in [5, 5.41) is 0. The lowest BCUT2D eigenvalue weighted by atomic mass is 10.5. The summed E-state index contributed by atoms with van der Waals surface area (Å²) < 4.78 is 0. The van der Waals surface area contributed by atoms with Crippen molar-refractivity contribution >= 4 is 11.8 Å². The van der Waals surface area contributed by atoms with Gasteiger partial charge in [-0.1, -0.05) is 52.5 Å². The van der Waals surface area contributed by atoms with Crippen LogP contribution in [-0.2, 0) is 0 Å². The fraction of sp³-hybridized carbons (Fsp3) is 0.455. The molecule has 0 heterocycles. The van der Waals surface area contributed by atoms with Gasteiger partial charge in [-0.15, -0.1) is 11.8 Å². The average Bonchev–Trinajstić information content (AvgIpc) is 2.05. The molecule has 0 aliphatic heterocycles. The Morgan fingerprint density at radius 1 is 1.25 bits per heavy atom. The molecule has 0 saturated heterocycles. The second kappa shape index (κ2) is 13.2. The van der Waals surface area contributed by atoms with E-state index >= 15 is 0 Å². The van der Waals surface area contributed by atoms with Gasteiger partial charge in [-0.05, 0) is 11.8 Å². The minimum atomic E-state index is 1.09. The van der Waals surface area contributed by atoms with Gasteiger partial charge in [-0.25, -0.2) is 0 Å². The van der Waals surface area contributed by atoms with E-state index in [1.54, 1.807) is 17.8 Å². The Morgan fingerprint density at radius 3 is 2.00 bits per heavy atom. The first kappa shape index (κ1) is 14.1. The smallest absolute Gasteiger partial charge is 0.00657 e. The lowest BCUT2D eigenvalue weighted by Crippen LogP contribution is -1.69. The summed E-state index contributed by atoms with van der Waals surface area (Å²) in [6.07, 6.45) is 6.83.